The smallest absolute Gasteiger partial charge is 0.231 e. The number of carbonyl (C=O) groups excluding carboxylic acids is 1. The molecule has 0 bridgehead atoms. The van der Waals surface area contributed by atoms with E-state index in [0.717, 1.165) is 6.42 Å². The zero-order valence-electron chi connectivity index (χ0n) is 13.6. The van der Waals surface area contributed by atoms with Crippen molar-refractivity contribution in [1.29, 1.82) is 0 Å². The van der Waals surface area contributed by atoms with Crippen molar-refractivity contribution < 1.29 is 10.0 Å². The molecule has 0 fully saturated rings. The monoisotopic (exact) mass is 285 g/mol. The summed E-state index contributed by atoms with van der Waals surface area (Å²) in [6.45, 7) is 10.9. The molecule has 0 aromatic rings. The topological polar surface area (TPSA) is 87.7 Å². The van der Waals surface area contributed by atoms with E-state index < -0.39 is 5.92 Å². The van der Waals surface area contributed by atoms with Crippen LogP contribution >= 0.6 is 0 Å². The Hall–Kier alpha value is -1.26. The van der Waals surface area contributed by atoms with E-state index in [2.05, 4.69) is 31.2 Å². The number of amides is 1. The van der Waals surface area contributed by atoms with E-state index >= 15 is 0 Å². The molecule has 0 aliphatic rings. The Morgan fingerprint density at radius 2 is 1.95 bits per heavy atom. The minimum atomic E-state index is -0.577. The molecular formula is C15H31N3O2. The maximum atomic E-state index is 12.2. The van der Waals surface area contributed by atoms with E-state index in [4.69, 9.17) is 10.9 Å². The number of carbonyl (C=O) groups is 1. The molecule has 0 aromatic carbocycles. The van der Waals surface area contributed by atoms with Crippen molar-refractivity contribution in [2.24, 2.45) is 28.1 Å². The Morgan fingerprint density at radius 3 is 2.40 bits per heavy atom. The van der Waals surface area contributed by atoms with Gasteiger partial charge in [0, 0.05) is 6.54 Å². The zero-order valence-corrected chi connectivity index (χ0v) is 13.6. The van der Waals surface area contributed by atoms with Crippen LogP contribution in [0, 0.1) is 17.3 Å². The van der Waals surface area contributed by atoms with Gasteiger partial charge in [-0.3, -0.25) is 4.79 Å². The van der Waals surface area contributed by atoms with Gasteiger partial charge in [-0.1, -0.05) is 59.0 Å². The van der Waals surface area contributed by atoms with Crippen LogP contribution in [0.2, 0.25) is 0 Å². The lowest BCUT2D eigenvalue weighted by Crippen LogP contribution is -2.44. The van der Waals surface area contributed by atoms with Gasteiger partial charge in [-0.15, -0.1) is 0 Å². The highest BCUT2D eigenvalue weighted by Gasteiger charge is 2.28. The summed E-state index contributed by atoms with van der Waals surface area (Å²) in [5, 5.41) is 14.7. The fourth-order valence-corrected chi connectivity index (χ4v) is 2.22. The van der Waals surface area contributed by atoms with Crippen molar-refractivity contribution in [3.05, 3.63) is 0 Å². The maximum Gasteiger partial charge on any atom is 0.231 e. The summed E-state index contributed by atoms with van der Waals surface area (Å²) >= 11 is 0. The quantitative estimate of drug-likeness (QED) is 0.200. The molecule has 0 rings (SSSR count). The van der Waals surface area contributed by atoms with E-state index in [1.807, 2.05) is 13.8 Å². The second-order valence-electron chi connectivity index (χ2n) is 6.59. The highest BCUT2D eigenvalue weighted by Crippen LogP contribution is 2.23. The number of nitrogens with zero attached hydrogens (tertiary/aromatic N) is 1. The van der Waals surface area contributed by atoms with Crippen molar-refractivity contribution in [3.8, 4) is 0 Å². The summed E-state index contributed by atoms with van der Waals surface area (Å²) < 4.78 is 0. The molecular weight excluding hydrogens is 254 g/mol. The van der Waals surface area contributed by atoms with Gasteiger partial charge in [-0.05, 0) is 17.8 Å². The molecule has 0 aliphatic heterocycles. The molecule has 0 spiro atoms. The first-order chi connectivity index (χ1) is 9.25. The third-order valence-electron chi connectivity index (χ3n) is 3.58. The number of oxime groups is 1. The Balaban J connectivity index is 4.44. The van der Waals surface area contributed by atoms with E-state index in [0.29, 0.717) is 6.54 Å². The first kappa shape index (κ1) is 18.7. The molecule has 5 heteroatoms. The van der Waals surface area contributed by atoms with Crippen LogP contribution < -0.4 is 11.1 Å². The van der Waals surface area contributed by atoms with E-state index in [9.17, 15) is 4.79 Å². The first-order valence-corrected chi connectivity index (χ1v) is 7.50. The van der Waals surface area contributed by atoms with Crippen LogP contribution in [0.3, 0.4) is 0 Å². The van der Waals surface area contributed by atoms with E-state index in [1.54, 1.807) is 0 Å². The van der Waals surface area contributed by atoms with Gasteiger partial charge in [-0.25, -0.2) is 0 Å². The van der Waals surface area contributed by atoms with Gasteiger partial charge in [0.1, 0.15) is 5.92 Å². The number of unbranched alkanes of at least 4 members (excludes halogenated alkanes) is 2. The van der Waals surface area contributed by atoms with Crippen molar-refractivity contribution in [1.82, 2.24) is 5.32 Å². The highest BCUT2D eigenvalue weighted by atomic mass is 16.4. The summed E-state index contributed by atoms with van der Waals surface area (Å²) in [5.74, 6) is -0.777. The number of amidine groups is 1. The maximum absolute atomic E-state index is 12.2. The van der Waals surface area contributed by atoms with E-state index in [1.165, 1.54) is 19.3 Å². The molecule has 5 nitrogen and oxygen atoms in total. The lowest BCUT2D eigenvalue weighted by Gasteiger charge is -2.27. The Bertz CT molecular complexity index is 325. The fraction of sp³-hybridized carbons (Fsp3) is 0.867. The zero-order chi connectivity index (χ0) is 15.8. The molecule has 0 radical (unpaired) electrons. The predicted molar refractivity (Wildman–Crippen MR) is 82.7 cm³/mol. The van der Waals surface area contributed by atoms with Gasteiger partial charge in [0.15, 0.2) is 5.84 Å². The minimum Gasteiger partial charge on any atom is -0.409 e. The average molecular weight is 285 g/mol. The second-order valence-corrected chi connectivity index (χ2v) is 6.59. The summed E-state index contributed by atoms with van der Waals surface area (Å²) in [7, 11) is 0. The van der Waals surface area contributed by atoms with Crippen molar-refractivity contribution in [2.75, 3.05) is 6.54 Å². The summed E-state index contributed by atoms with van der Waals surface area (Å²) in [6, 6.07) is 0. The standard InChI is InChI=1S/C15H31N3O2/c1-6-7-8-9-15(4,5)10-17-14(19)12(11(2)3)13(16)18-20/h11-12,20H,6-10H2,1-5H3,(H2,16,18)(H,17,19). The molecule has 118 valence electrons. The van der Waals surface area contributed by atoms with Crippen LogP contribution in [0.15, 0.2) is 5.16 Å². The van der Waals surface area contributed by atoms with Gasteiger partial charge in [0.25, 0.3) is 0 Å². The Morgan fingerprint density at radius 1 is 1.35 bits per heavy atom. The van der Waals surface area contributed by atoms with Crippen LogP contribution in [0.5, 0.6) is 0 Å². The lowest BCUT2D eigenvalue weighted by atomic mass is 9.86. The molecule has 20 heavy (non-hydrogen) atoms. The normalized spacial score (nSPS) is 14.4. The third-order valence-corrected chi connectivity index (χ3v) is 3.58. The molecule has 1 unspecified atom stereocenters. The van der Waals surface area contributed by atoms with Gasteiger partial charge < -0.3 is 16.3 Å². The molecule has 0 heterocycles. The van der Waals surface area contributed by atoms with Crippen LogP contribution in [0.4, 0.5) is 0 Å². The summed E-state index contributed by atoms with van der Waals surface area (Å²) in [4.78, 5) is 12.2. The predicted octanol–water partition coefficient (Wildman–Crippen LogP) is 2.73. The van der Waals surface area contributed by atoms with Crippen LogP contribution in [-0.4, -0.2) is 23.5 Å². The molecule has 1 atom stereocenters. The lowest BCUT2D eigenvalue weighted by molar-refractivity contribution is -0.124. The Kier molecular flexibility index (Phi) is 8.26. The van der Waals surface area contributed by atoms with Crippen molar-refractivity contribution >= 4 is 11.7 Å². The van der Waals surface area contributed by atoms with E-state index in [-0.39, 0.29) is 23.1 Å². The fourth-order valence-electron chi connectivity index (χ4n) is 2.22. The van der Waals surface area contributed by atoms with Crippen molar-refractivity contribution in [2.45, 2.75) is 60.3 Å². The van der Waals surface area contributed by atoms with Gasteiger partial charge in [-0.2, -0.15) is 0 Å². The third kappa shape index (κ3) is 6.78. The van der Waals surface area contributed by atoms with Crippen LogP contribution in [0.25, 0.3) is 0 Å². The average Bonchev–Trinajstić information content (AvgIpc) is 2.36. The second kappa shape index (κ2) is 8.82. The largest absolute Gasteiger partial charge is 0.409 e. The number of hydrogen-bond donors (Lipinski definition) is 3. The molecule has 1 amide bonds. The van der Waals surface area contributed by atoms with Crippen molar-refractivity contribution in [3.63, 3.8) is 0 Å². The molecule has 0 aliphatic carbocycles. The first-order valence-electron chi connectivity index (χ1n) is 7.50. The van der Waals surface area contributed by atoms with Gasteiger partial charge >= 0.3 is 0 Å². The molecule has 0 saturated heterocycles. The van der Waals surface area contributed by atoms with Crippen LogP contribution in [-0.2, 0) is 4.79 Å². The number of nitrogens with two attached hydrogens (primary N) is 1. The number of nitrogens with one attached hydrogen (secondary N) is 1. The minimum absolute atomic E-state index is 0.00546. The molecule has 0 saturated carbocycles. The summed E-state index contributed by atoms with van der Waals surface area (Å²) in [6.07, 6.45) is 4.67. The number of hydrogen-bond acceptors (Lipinski definition) is 3. The molecule has 0 aromatic heterocycles. The Labute approximate surface area is 123 Å². The summed E-state index contributed by atoms with van der Waals surface area (Å²) in [5.41, 5.74) is 5.66. The van der Waals surface area contributed by atoms with Gasteiger partial charge in [0.2, 0.25) is 5.91 Å². The van der Waals surface area contributed by atoms with Gasteiger partial charge in [0.05, 0.1) is 0 Å². The number of rotatable bonds is 9. The SMILES string of the molecule is CCCCCC(C)(C)CNC(=O)C(C(N)=NO)C(C)C. The molecule has 4 N–H and O–H groups in total. The van der Waals surface area contributed by atoms with Crippen LogP contribution in [0.1, 0.15) is 60.3 Å². The highest BCUT2D eigenvalue weighted by molar-refractivity contribution is 6.02.